The predicted molar refractivity (Wildman–Crippen MR) is 73.8 cm³/mol. The summed E-state index contributed by atoms with van der Waals surface area (Å²) >= 11 is 0. The molecule has 0 saturated heterocycles. The van der Waals surface area contributed by atoms with E-state index < -0.39 is 0 Å². The number of para-hydroxylation sites is 1. The van der Waals surface area contributed by atoms with Crippen molar-refractivity contribution in [1.29, 1.82) is 0 Å². The lowest BCUT2D eigenvalue weighted by Gasteiger charge is -2.19. The van der Waals surface area contributed by atoms with Gasteiger partial charge in [-0.25, -0.2) is 4.79 Å². The van der Waals surface area contributed by atoms with Gasteiger partial charge in [0, 0.05) is 19.3 Å². The smallest absolute Gasteiger partial charge is 0.321 e. The Balaban J connectivity index is 2.58. The number of carbonyl (C=O) groups is 1. The standard InChI is InChI=1S/C14H22N2O2/c1-4-12-7-5-6-8-13(12)15-14(18)16(3)10-9-11(2)17/h5-8,11,17H,4,9-10H2,1-3H3,(H,15,18). The fourth-order valence-corrected chi connectivity index (χ4v) is 1.64. The molecule has 0 aliphatic carbocycles. The molecule has 1 atom stereocenters. The van der Waals surface area contributed by atoms with Gasteiger partial charge in [-0.15, -0.1) is 0 Å². The number of anilines is 1. The molecule has 18 heavy (non-hydrogen) atoms. The second kappa shape index (κ2) is 7.01. The molecular weight excluding hydrogens is 228 g/mol. The number of hydrogen-bond donors (Lipinski definition) is 2. The average molecular weight is 250 g/mol. The molecule has 0 fully saturated rings. The molecule has 1 aromatic rings. The molecule has 0 bridgehead atoms. The Morgan fingerprint density at radius 3 is 2.72 bits per heavy atom. The first kappa shape index (κ1) is 14.5. The third-order valence-corrected chi connectivity index (χ3v) is 2.87. The molecule has 1 unspecified atom stereocenters. The minimum Gasteiger partial charge on any atom is -0.393 e. The van der Waals surface area contributed by atoms with Crippen molar-refractivity contribution >= 4 is 11.7 Å². The van der Waals surface area contributed by atoms with Crippen LogP contribution in [0.15, 0.2) is 24.3 Å². The number of nitrogens with zero attached hydrogens (tertiary/aromatic N) is 1. The molecule has 0 aliphatic rings. The van der Waals surface area contributed by atoms with E-state index in [1.54, 1.807) is 18.9 Å². The number of nitrogens with one attached hydrogen (secondary N) is 1. The van der Waals surface area contributed by atoms with Crippen molar-refractivity contribution in [1.82, 2.24) is 4.90 Å². The summed E-state index contributed by atoms with van der Waals surface area (Å²) in [6.07, 6.45) is 1.08. The molecular formula is C14H22N2O2. The van der Waals surface area contributed by atoms with Crippen molar-refractivity contribution in [3.63, 3.8) is 0 Å². The molecule has 0 radical (unpaired) electrons. The second-order valence-corrected chi connectivity index (χ2v) is 4.50. The number of carbonyl (C=O) groups excluding carboxylic acids is 1. The molecule has 1 rings (SSSR count). The van der Waals surface area contributed by atoms with Crippen LogP contribution in [0, 0.1) is 0 Å². The van der Waals surface area contributed by atoms with Crippen LogP contribution in [0.1, 0.15) is 25.8 Å². The number of aryl methyl sites for hydroxylation is 1. The van der Waals surface area contributed by atoms with Gasteiger partial charge in [0.05, 0.1) is 6.10 Å². The summed E-state index contributed by atoms with van der Waals surface area (Å²) in [4.78, 5) is 13.5. The maximum atomic E-state index is 11.9. The predicted octanol–water partition coefficient (Wildman–Crippen LogP) is 2.48. The highest BCUT2D eigenvalue weighted by Crippen LogP contribution is 2.15. The van der Waals surface area contributed by atoms with Crippen molar-refractivity contribution < 1.29 is 9.90 Å². The number of rotatable bonds is 5. The monoisotopic (exact) mass is 250 g/mol. The van der Waals surface area contributed by atoms with Gasteiger partial charge in [-0.3, -0.25) is 0 Å². The summed E-state index contributed by atoms with van der Waals surface area (Å²) in [5.74, 6) is 0. The van der Waals surface area contributed by atoms with Crippen LogP contribution in [0.3, 0.4) is 0 Å². The van der Waals surface area contributed by atoms with E-state index in [1.807, 2.05) is 24.3 Å². The maximum absolute atomic E-state index is 11.9. The maximum Gasteiger partial charge on any atom is 0.321 e. The quantitative estimate of drug-likeness (QED) is 0.843. The van der Waals surface area contributed by atoms with Crippen LogP contribution in [0.25, 0.3) is 0 Å². The Hall–Kier alpha value is -1.55. The van der Waals surface area contributed by atoms with Crippen molar-refractivity contribution in [2.75, 3.05) is 18.9 Å². The van der Waals surface area contributed by atoms with E-state index >= 15 is 0 Å². The molecule has 4 nitrogen and oxygen atoms in total. The molecule has 0 aromatic heterocycles. The number of aliphatic hydroxyl groups excluding tert-OH is 1. The number of amides is 2. The van der Waals surface area contributed by atoms with Crippen LogP contribution in [0.4, 0.5) is 10.5 Å². The van der Waals surface area contributed by atoms with Gasteiger partial charge in [-0.05, 0) is 31.4 Å². The van der Waals surface area contributed by atoms with Gasteiger partial charge in [0.25, 0.3) is 0 Å². The number of benzene rings is 1. The normalized spacial score (nSPS) is 12.0. The van der Waals surface area contributed by atoms with Crippen LogP contribution >= 0.6 is 0 Å². The van der Waals surface area contributed by atoms with Crippen molar-refractivity contribution in [2.24, 2.45) is 0 Å². The van der Waals surface area contributed by atoms with E-state index in [1.165, 1.54) is 0 Å². The van der Waals surface area contributed by atoms with E-state index in [0.29, 0.717) is 13.0 Å². The Morgan fingerprint density at radius 1 is 1.44 bits per heavy atom. The van der Waals surface area contributed by atoms with Gasteiger partial charge < -0.3 is 15.3 Å². The molecule has 0 saturated carbocycles. The van der Waals surface area contributed by atoms with Crippen LogP contribution < -0.4 is 5.32 Å². The Morgan fingerprint density at radius 2 is 2.11 bits per heavy atom. The van der Waals surface area contributed by atoms with E-state index in [9.17, 15) is 9.90 Å². The van der Waals surface area contributed by atoms with E-state index in [2.05, 4.69) is 12.2 Å². The minimum absolute atomic E-state index is 0.142. The fraction of sp³-hybridized carbons (Fsp3) is 0.500. The Kier molecular flexibility index (Phi) is 5.65. The van der Waals surface area contributed by atoms with Gasteiger partial charge in [0.1, 0.15) is 0 Å². The lowest BCUT2D eigenvalue weighted by Crippen LogP contribution is -2.33. The zero-order valence-electron chi connectivity index (χ0n) is 11.3. The summed E-state index contributed by atoms with van der Waals surface area (Å²) in [7, 11) is 1.73. The third-order valence-electron chi connectivity index (χ3n) is 2.87. The highest BCUT2D eigenvalue weighted by molar-refractivity contribution is 5.89. The number of aliphatic hydroxyl groups is 1. The molecule has 0 spiro atoms. The van der Waals surface area contributed by atoms with E-state index in [0.717, 1.165) is 17.7 Å². The van der Waals surface area contributed by atoms with E-state index in [-0.39, 0.29) is 12.1 Å². The van der Waals surface area contributed by atoms with Gasteiger partial charge in [0.2, 0.25) is 0 Å². The second-order valence-electron chi connectivity index (χ2n) is 4.50. The Labute approximate surface area is 109 Å². The lowest BCUT2D eigenvalue weighted by atomic mass is 10.1. The number of urea groups is 1. The van der Waals surface area contributed by atoms with Crippen molar-refractivity contribution in [3.8, 4) is 0 Å². The fourth-order valence-electron chi connectivity index (χ4n) is 1.64. The zero-order chi connectivity index (χ0) is 13.5. The van der Waals surface area contributed by atoms with Gasteiger partial charge >= 0.3 is 6.03 Å². The summed E-state index contributed by atoms with van der Waals surface area (Å²) in [6, 6.07) is 7.64. The van der Waals surface area contributed by atoms with Crippen LogP contribution in [-0.2, 0) is 6.42 Å². The largest absolute Gasteiger partial charge is 0.393 e. The first-order chi connectivity index (χ1) is 8.54. The third kappa shape index (κ3) is 4.37. The Bertz CT molecular complexity index is 391. The molecule has 4 heteroatoms. The SMILES string of the molecule is CCc1ccccc1NC(=O)N(C)CCC(C)O. The molecule has 2 N–H and O–H groups in total. The summed E-state index contributed by atoms with van der Waals surface area (Å²) < 4.78 is 0. The molecule has 2 amide bonds. The molecule has 0 heterocycles. The highest BCUT2D eigenvalue weighted by Gasteiger charge is 2.10. The van der Waals surface area contributed by atoms with Crippen LogP contribution in [-0.4, -0.2) is 35.7 Å². The molecule has 0 aliphatic heterocycles. The summed E-state index contributed by atoms with van der Waals surface area (Å²) in [5.41, 5.74) is 1.98. The highest BCUT2D eigenvalue weighted by atomic mass is 16.3. The van der Waals surface area contributed by atoms with Crippen LogP contribution in [0.5, 0.6) is 0 Å². The number of hydrogen-bond acceptors (Lipinski definition) is 2. The first-order valence-corrected chi connectivity index (χ1v) is 6.32. The van der Waals surface area contributed by atoms with Crippen molar-refractivity contribution in [3.05, 3.63) is 29.8 Å². The van der Waals surface area contributed by atoms with E-state index in [4.69, 9.17) is 0 Å². The van der Waals surface area contributed by atoms with Crippen LogP contribution in [0.2, 0.25) is 0 Å². The lowest BCUT2D eigenvalue weighted by molar-refractivity contribution is 0.167. The van der Waals surface area contributed by atoms with Gasteiger partial charge in [-0.2, -0.15) is 0 Å². The average Bonchev–Trinajstić information content (AvgIpc) is 2.36. The topological polar surface area (TPSA) is 52.6 Å². The van der Waals surface area contributed by atoms with Gasteiger partial charge in [0.15, 0.2) is 0 Å². The van der Waals surface area contributed by atoms with Crippen molar-refractivity contribution in [2.45, 2.75) is 32.8 Å². The first-order valence-electron chi connectivity index (χ1n) is 6.32. The summed E-state index contributed by atoms with van der Waals surface area (Å²) in [6.45, 7) is 4.32. The molecule has 100 valence electrons. The van der Waals surface area contributed by atoms with Gasteiger partial charge in [-0.1, -0.05) is 25.1 Å². The zero-order valence-corrected chi connectivity index (χ0v) is 11.3. The molecule has 1 aromatic carbocycles. The minimum atomic E-state index is -0.386. The summed E-state index contributed by atoms with van der Waals surface area (Å²) in [5, 5.41) is 12.1.